The van der Waals surface area contributed by atoms with Crippen molar-refractivity contribution in [1.82, 2.24) is 0 Å². The van der Waals surface area contributed by atoms with Crippen LogP contribution in [0.3, 0.4) is 0 Å². The summed E-state index contributed by atoms with van der Waals surface area (Å²) in [5.41, 5.74) is 1.95. The second-order valence-electron chi connectivity index (χ2n) is 5.60. The number of ether oxygens (including phenoxy) is 1. The first-order valence-electron chi connectivity index (χ1n) is 7.65. The zero-order valence-electron chi connectivity index (χ0n) is 13.7. The molecule has 0 aliphatic carbocycles. The Hall–Kier alpha value is -1.89. The summed E-state index contributed by atoms with van der Waals surface area (Å²) in [5.74, 6) is -0.111. The number of hydrogen-bond donors (Lipinski definition) is 1. The van der Waals surface area contributed by atoms with Crippen LogP contribution in [0.5, 0.6) is 5.75 Å². The van der Waals surface area contributed by atoms with Gasteiger partial charge in [-0.15, -0.1) is 11.3 Å². The Morgan fingerprint density at radius 2 is 2.08 bits per heavy atom. The molecule has 0 aliphatic rings. The molecule has 0 atom stereocenters. The highest BCUT2D eigenvalue weighted by Crippen LogP contribution is 2.25. The lowest BCUT2D eigenvalue weighted by Crippen LogP contribution is -2.11. The van der Waals surface area contributed by atoms with Crippen LogP contribution in [0.1, 0.15) is 20.8 Å². The van der Waals surface area contributed by atoms with Gasteiger partial charge in [-0.1, -0.05) is 27.5 Å². The minimum absolute atomic E-state index is 0.140. The van der Waals surface area contributed by atoms with Gasteiger partial charge < -0.3 is 10.1 Å². The van der Waals surface area contributed by atoms with Gasteiger partial charge in [0, 0.05) is 15.1 Å². The van der Waals surface area contributed by atoms with Gasteiger partial charge in [-0.2, -0.15) is 0 Å². The van der Waals surface area contributed by atoms with Gasteiger partial charge in [-0.05, 0) is 60.3 Å². The molecule has 0 saturated carbocycles. The van der Waals surface area contributed by atoms with Crippen molar-refractivity contribution in [2.24, 2.45) is 0 Å². The SMILES string of the molecule is Cc1cc(Cl)ccc1OCc1csc(C(=O)Nc2ccc(Br)cc2F)c1. The second-order valence-corrected chi connectivity index (χ2v) is 7.86. The fourth-order valence-corrected chi connectivity index (χ4v) is 3.63. The molecule has 134 valence electrons. The van der Waals surface area contributed by atoms with E-state index in [-0.39, 0.29) is 11.6 Å². The molecule has 3 aromatic rings. The van der Waals surface area contributed by atoms with Crippen LogP contribution >= 0.6 is 38.9 Å². The van der Waals surface area contributed by atoms with E-state index in [1.165, 1.54) is 23.5 Å². The molecule has 0 spiro atoms. The number of rotatable bonds is 5. The van der Waals surface area contributed by atoms with Gasteiger partial charge >= 0.3 is 0 Å². The van der Waals surface area contributed by atoms with Crippen LogP contribution < -0.4 is 10.1 Å². The topological polar surface area (TPSA) is 38.3 Å². The van der Waals surface area contributed by atoms with Crippen LogP contribution in [0.25, 0.3) is 0 Å². The van der Waals surface area contributed by atoms with E-state index >= 15 is 0 Å². The lowest BCUT2D eigenvalue weighted by molar-refractivity contribution is 0.103. The Kier molecular flexibility index (Phi) is 5.96. The summed E-state index contributed by atoms with van der Waals surface area (Å²) in [6.07, 6.45) is 0. The first kappa shape index (κ1) is 18.9. The van der Waals surface area contributed by atoms with Gasteiger partial charge in [-0.25, -0.2) is 4.39 Å². The highest BCUT2D eigenvalue weighted by Gasteiger charge is 2.13. The van der Waals surface area contributed by atoms with Gasteiger partial charge in [0.05, 0.1) is 10.6 Å². The molecule has 0 unspecified atom stereocenters. The molecule has 3 rings (SSSR count). The number of amides is 1. The standard InChI is InChI=1S/C19H14BrClFNO2S/c1-11-6-14(21)3-5-17(11)25-9-12-7-18(26-10-12)19(24)23-16-4-2-13(20)8-15(16)22/h2-8,10H,9H2,1H3,(H,23,24). The van der Waals surface area contributed by atoms with Gasteiger partial charge in [0.2, 0.25) is 0 Å². The van der Waals surface area contributed by atoms with E-state index in [0.717, 1.165) is 16.9 Å². The number of nitrogens with one attached hydrogen (secondary N) is 1. The average Bonchev–Trinajstić information content (AvgIpc) is 3.06. The highest BCUT2D eigenvalue weighted by molar-refractivity contribution is 9.10. The van der Waals surface area contributed by atoms with Gasteiger partial charge in [0.1, 0.15) is 18.2 Å². The Morgan fingerprint density at radius 1 is 1.27 bits per heavy atom. The van der Waals surface area contributed by atoms with Crippen molar-refractivity contribution >= 4 is 50.5 Å². The van der Waals surface area contributed by atoms with Crippen molar-refractivity contribution < 1.29 is 13.9 Å². The molecule has 7 heteroatoms. The number of carbonyl (C=O) groups is 1. The lowest BCUT2D eigenvalue weighted by Gasteiger charge is -2.08. The summed E-state index contributed by atoms with van der Waals surface area (Å²) >= 11 is 10.4. The van der Waals surface area contributed by atoms with Crippen LogP contribution in [0, 0.1) is 12.7 Å². The van der Waals surface area contributed by atoms with E-state index in [2.05, 4.69) is 21.2 Å². The molecule has 0 fully saturated rings. The predicted octanol–water partition coefficient (Wildman–Crippen LogP) is 6.44. The average molecular weight is 455 g/mol. The Bertz CT molecular complexity index is 960. The van der Waals surface area contributed by atoms with E-state index in [0.29, 0.717) is 21.0 Å². The van der Waals surface area contributed by atoms with E-state index in [1.54, 1.807) is 18.2 Å². The molecule has 3 nitrogen and oxygen atoms in total. The minimum atomic E-state index is -0.494. The van der Waals surface area contributed by atoms with Gasteiger partial charge in [-0.3, -0.25) is 4.79 Å². The van der Waals surface area contributed by atoms with Crippen LogP contribution in [-0.2, 0) is 6.61 Å². The first-order chi connectivity index (χ1) is 12.4. The van der Waals surface area contributed by atoms with Crippen LogP contribution in [0.4, 0.5) is 10.1 Å². The number of hydrogen-bond acceptors (Lipinski definition) is 3. The maximum atomic E-state index is 13.8. The summed E-state index contributed by atoms with van der Waals surface area (Å²) in [6.45, 7) is 2.25. The van der Waals surface area contributed by atoms with Crippen molar-refractivity contribution in [2.75, 3.05) is 5.32 Å². The van der Waals surface area contributed by atoms with Gasteiger partial charge in [0.15, 0.2) is 0 Å². The summed E-state index contributed by atoms with van der Waals surface area (Å²) in [4.78, 5) is 12.8. The molecular formula is C19H14BrClFNO2S. The Balaban J connectivity index is 1.64. The molecule has 1 N–H and O–H groups in total. The summed E-state index contributed by atoms with van der Waals surface area (Å²) in [5, 5.41) is 5.08. The maximum Gasteiger partial charge on any atom is 0.265 e. The second kappa shape index (κ2) is 8.20. The smallest absolute Gasteiger partial charge is 0.265 e. The fraction of sp³-hybridized carbons (Fsp3) is 0.105. The minimum Gasteiger partial charge on any atom is -0.489 e. The summed E-state index contributed by atoms with van der Waals surface area (Å²) < 4.78 is 20.2. The number of benzene rings is 2. The molecule has 2 aromatic carbocycles. The van der Waals surface area contributed by atoms with E-state index in [4.69, 9.17) is 16.3 Å². The predicted molar refractivity (Wildman–Crippen MR) is 107 cm³/mol. The van der Waals surface area contributed by atoms with Crippen LogP contribution in [0.15, 0.2) is 52.3 Å². The van der Waals surface area contributed by atoms with Crippen molar-refractivity contribution in [3.05, 3.63) is 79.2 Å². The maximum absolute atomic E-state index is 13.8. The Labute approximate surface area is 167 Å². The van der Waals surface area contributed by atoms with E-state index in [9.17, 15) is 9.18 Å². The van der Waals surface area contributed by atoms with Crippen LogP contribution in [-0.4, -0.2) is 5.91 Å². The van der Waals surface area contributed by atoms with Gasteiger partial charge in [0.25, 0.3) is 5.91 Å². The third-order valence-electron chi connectivity index (χ3n) is 3.59. The molecule has 0 saturated heterocycles. The van der Waals surface area contributed by atoms with Crippen LogP contribution in [0.2, 0.25) is 5.02 Å². The fourth-order valence-electron chi connectivity index (χ4n) is 2.28. The molecular weight excluding hydrogens is 441 g/mol. The number of halogens is 3. The molecule has 26 heavy (non-hydrogen) atoms. The molecule has 1 aromatic heterocycles. The van der Waals surface area contributed by atoms with Crippen molar-refractivity contribution in [2.45, 2.75) is 13.5 Å². The van der Waals surface area contributed by atoms with Crippen molar-refractivity contribution in [3.63, 3.8) is 0 Å². The van der Waals surface area contributed by atoms with E-state index in [1.807, 2.05) is 24.4 Å². The monoisotopic (exact) mass is 453 g/mol. The van der Waals surface area contributed by atoms with Crippen molar-refractivity contribution in [1.29, 1.82) is 0 Å². The zero-order chi connectivity index (χ0) is 18.7. The Morgan fingerprint density at radius 3 is 2.81 bits per heavy atom. The molecule has 0 aliphatic heterocycles. The normalized spacial score (nSPS) is 10.6. The molecule has 1 heterocycles. The highest BCUT2D eigenvalue weighted by atomic mass is 79.9. The third kappa shape index (κ3) is 4.63. The summed E-state index contributed by atoms with van der Waals surface area (Å²) in [7, 11) is 0. The number of thiophene rings is 1. The summed E-state index contributed by atoms with van der Waals surface area (Å²) in [6, 6.07) is 11.6. The number of anilines is 1. The van der Waals surface area contributed by atoms with E-state index < -0.39 is 5.82 Å². The zero-order valence-corrected chi connectivity index (χ0v) is 16.8. The number of carbonyl (C=O) groups excluding carboxylic acids is 1. The largest absolute Gasteiger partial charge is 0.489 e. The first-order valence-corrected chi connectivity index (χ1v) is 9.70. The molecule has 0 radical (unpaired) electrons. The third-order valence-corrected chi connectivity index (χ3v) is 5.29. The quantitative estimate of drug-likeness (QED) is 0.481. The van der Waals surface area contributed by atoms with Crippen molar-refractivity contribution in [3.8, 4) is 5.75 Å². The molecule has 1 amide bonds. The number of aryl methyl sites for hydroxylation is 1. The lowest BCUT2D eigenvalue weighted by atomic mass is 10.2. The molecule has 0 bridgehead atoms.